The highest BCUT2D eigenvalue weighted by Crippen LogP contribution is 2.15. The molecule has 1 aromatic carbocycles. The summed E-state index contributed by atoms with van der Waals surface area (Å²) in [6.07, 6.45) is 0. The van der Waals surface area contributed by atoms with Gasteiger partial charge in [0.05, 0.1) is 0 Å². The van der Waals surface area contributed by atoms with Crippen molar-refractivity contribution >= 4 is 0 Å². The van der Waals surface area contributed by atoms with E-state index in [-0.39, 0.29) is 0 Å². The standard InChI is InChI=1S/C14H15N3/c1-11(15)16-14-10-6-9-13(17(14)2)12-7-4-3-5-8-12/h3-10H,1,15H2,2H3/b16-14-. The molecule has 3 heteroatoms. The van der Waals surface area contributed by atoms with Gasteiger partial charge < -0.3 is 10.3 Å². The Kier molecular flexibility index (Phi) is 3.10. The molecule has 0 fully saturated rings. The van der Waals surface area contributed by atoms with Crippen molar-refractivity contribution in [2.24, 2.45) is 17.8 Å². The molecule has 1 heterocycles. The number of hydrogen-bond donors (Lipinski definition) is 1. The van der Waals surface area contributed by atoms with Gasteiger partial charge in [-0.05, 0) is 17.7 Å². The summed E-state index contributed by atoms with van der Waals surface area (Å²) >= 11 is 0. The molecule has 0 radical (unpaired) electrons. The Hall–Kier alpha value is -2.29. The molecular weight excluding hydrogens is 210 g/mol. The molecule has 0 amide bonds. The minimum Gasteiger partial charge on any atom is -0.384 e. The van der Waals surface area contributed by atoms with Crippen LogP contribution in [0.3, 0.4) is 0 Å². The molecular formula is C14H15N3. The van der Waals surface area contributed by atoms with Crippen LogP contribution in [0.15, 0.2) is 65.9 Å². The van der Waals surface area contributed by atoms with Crippen molar-refractivity contribution in [3.8, 4) is 11.3 Å². The third-order valence-electron chi connectivity index (χ3n) is 2.53. The zero-order valence-corrected chi connectivity index (χ0v) is 9.80. The second kappa shape index (κ2) is 4.70. The largest absolute Gasteiger partial charge is 0.384 e. The fourth-order valence-electron chi connectivity index (χ4n) is 1.73. The molecule has 0 spiro atoms. The summed E-state index contributed by atoms with van der Waals surface area (Å²) < 4.78 is 1.99. The van der Waals surface area contributed by atoms with Crippen LogP contribution in [0.4, 0.5) is 0 Å². The fraction of sp³-hybridized carbons (Fsp3) is 0.0714. The number of pyridine rings is 1. The lowest BCUT2D eigenvalue weighted by atomic mass is 10.1. The Morgan fingerprint density at radius 1 is 1.12 bits per heavy atom. The number of hydrogen-bond acceptors (Lipinski definition) is 2. The summed E-state index contributed by atoms with van der Waals surface area (Å²) in [6.45, 7) is 3.59. The highest BCUT2D eigenvalue weighted by Gasteiger charge is 2.00. The molecule has 0 aliphatic heterocycles. The topological polar surface area (TPSA) is 43.3 Å². The van der Waals surface area contributed by atoms with E-state index >= 15 is 0 Å². The molecule has 2 rings (SSSR count). The zero-order chi connectivity index (χ0) is 12.3. The monoisotopic (exact) mass is 225 g/mol. The maximum atomic E-state index is 5.51. The van der Waals surface area contributed by atoms with Gasteiger partial charge in [-0.3, -0.25) is 0 Å². The van der Waals surface area contributed by atoms with Gasteiger partial charge >= 0.3 is 0 Å². The van der Waals surface area contributed by atoms with E-state index in [0.29, 0.717) is 5.82 Å². The zero-order valence-electron chi connectivity index (χ0n) is 9.80. The van der Waals surface area contributed by atoms with Crippen molar-refractivity contribution in [3.63, 3.8) is 0 Å². The van der Waals surface area contributed by atoms with Crippen LogP contribution in [0.2, 0.25) is 0 Å². The van der Waals surface area contributed by atoms with Crippen LogP contribution >= 0.6 is 0 Å². The van der Waals surface area contributed by atoms with Gasteiger partial charge in [0, 0.05) is 12.7 Å². The Labute approximate surface area is 101 Å². The molecule has 2 N–H and O–H groups in total. The third-order valence-corrected chi connectivity index (χ3v) is 2.53. The van der Waals surface area contributed by atoms with Crippen LogP contribution in [0.5, 0.6) is 0 Å². The number of rotatable bonds is 2. The lowest BCUT2D eigenvalue weighted by Gasteiger charge is -2.09. The molecule has 0 unspecified atom stereocenters. The number of nitrogens with zero attached hydrogens (tertiary/aromatic N) is 2. The van der Waals surface area contributed by atoms with Crippen molar-refractivity contribution < 1.29 is 0 Å². The van der Waals surface area contributed by atoms with Crippen LogP contribution in [0.1, 0.15) is 0 Å². The van der Waals surface area contributed by atoms with Crippen LogP contribution in [0, 0.1) is 0 Å². The second-order valence-electron chi connectivity index (χ2n) is 3.80. The van der Waals surface area contributed by atoms with Gasteiger partial charge in [0.15, 0.2) is 0 Å². The van der Waals surface area contributed by atoms with Gasteiger partial charge in [0.25, 0.3) is 0 Å². The summed E-state index contributed by atoms with van der Waals surface area (Å²) in [5, 5.41) is 0. The smallest absolute Gasteiger partial charge is 0.135 e. The van der Waals surface area contributed by atoms with Gasteiger partial charge in [0.2, 0.25) is 0 Å². The number of aromatic nitrogens is 1. The minimum atomic E-state index is 0.311. The highest BCUT2D eigenvalue weighted by atomic mass is 15.0. The molecule has 0 atom stereocenters. The van der Waals surface area contributed by atoms with E-state index in [9.17, 15) is 0 Å². The first-order valence-corrected chi connectivity index (χ1v) is 5.39. The first kappa shape index (κ1) is 11.2. The summed E-state index contributed by atoms with van der Waals surface area (Å²) in [6, 6.07) is 16.1. The summed E-state index contributed by atoms with van der Waals surface area (Å²) in [4.78, 5) is 4.19. The molecule has 1 aromatic heterocycles. The fourth-order valence-corrected chi connectivity index (χ4v) is 1.73. The molecule has 86 valence electrons. The van der Waals surface area contributed by atoms with Gasteiger partial charge in [0.1, 0.15) is 11.3 Å². The molecule has 0 saturated heterocycles. The quantitative estimate of drug-likeness (QED) is 0.835. The van der Waals surface area contributed by atoms with E-state index in [2.05, 4.69) is 23.7 Å². The first-order chi connectivity index (χ1) is 8.18. The normalized spacial score (nSPS) is 11.5. The predicted octanol–water partition coefficient (Wildman–Crippen LogP) is 2.02. The van der Waals surface area contributed by atoms with Crippen LogP contribution in [0.25, 0.3) is 11.3 Å². The van der Waals surface area contributed by atoms with Crippen molar-refractivity contribution in [2.75, 3.05) is 0 Å². The van der Waals surface area contributed by atoms with E-state index < -0.39 is 0 Å². The van der Waals surface area contributed by atoms with E-state index in [1.165, 1.54) is 0 Å². The van der Waals surface area contributed by atoms with Crippen LogP contribution in [-0.4, -0.2) is 4.57 Å². The molecule has 3 nitrogen and oxygen atoms in total. The first-order valence-electron chi connectivity index (χ1n) is 5.39. The Morgan fingerprint density at radius 2 is 1.82 bits per heavy atom. The van der Waals surface area contributed by atoms with Crippen LogP contribution in [-0.2, 0) is 7.05 Å². The lowest BCUT2D eigenvalue weighted by molar-refractivity contribution is 0.835. The van der Waals surface area contributed by atoms with Gasteiger partial charge in [-0.1, -0.05) is 43.0 Å². The molecule has 0 aliphatic carbocycles. The minimum absolute atomic E-state index is 0.311. The molecule has 2 aromatic rings. The summed E-state index contributed by atoms with van der Waals surface area (Å²) in [5.41, 5.74) is 8.54. The van der Waals surface area contributed by atoms with E-state index in [0.717, 1.165) is 16.7 Å². The average Bonchev–Trinajstić information content (AvgIpc) is 2.32. The maximum Gasteiger partial charge on any atom is 0.135 e. The van der Waals surface area contributed by atoms with Gasteiger partial charge in [-0.25, -0.2) is 4.99 Å². The third kappa shape index (κ3) is 2.45. The average molecular weight is 225 g/mol. The van der Waals surface area contributed by atoms with Gasteiger partial charge in [-0.2, -0.15) is 0 Å². The second-order valence-corrected chi connectivity index (χ2v) is 3.80. The highest BCUT2D eigenvalue weighted by molar-refractivity contribution is 5.59. The van der Waals surface area contributed by atoms with Gasteiger partial charge in [-0.15, -0.1) is 0 Å². The van der Waals surface area contributed by atoms with Crippen molar-refractivity contribution in [3.05, 3.63) is 66.4 Å². The van der Waals surface area contributed by atoms with E-state index in [4.69, 9.17) is 5.73 Å². The maximum absolute atomic E-state index is 5.51. The number of nitrogens with two attached hydrogens (primary N) is 1. The Morgan fingerprint density at radius 3 is 2.47 bits per heavy atom. The number of benzene rings is 1. The summed E-state index contributed by atoms with van der Waals surface area (Å²) in [7, 11) is 1.96. The SMILES string of the molecule is C=C(N)/N=c1/cccc(-c2ccccc2)n1C. The van der Waals surface area contributed by atoms with Crippen molar-refractivity contribution in [1.82, 2.24) is 4.57 Å². The Bertz CT molecular complexity index is 594. The molecule has 0 bridgehead atoms. The Balaban J connectivity index is 2.62. The summed E-state index contributed by atoms with van der Waals surface area (Å²) in [5.74, 6) is 0.311. The van der Waals surface area contributed by atoms with Crippen molar-refractivity contribution in [1.29, 1.82) is 0 Å². The van der Waals surface area contributed by atoms with E-state index in [1.54, 1.807) is 0 Å². The lowest BCUT2D eigenvalue weighted by Crippen LogP contribution is -2.19. The molecule has 0 aliphatic rings. The predicted molar refractivity (Wildman–Crippen MR) is 69.7 cm³/mol. The van der Waals surface area contributed by atoms with Crippen molar-refractivity contribution in [2.45, 2.75) is 0 Å². The molecule has 17 heavy (non-hydrogen) atoms. The van der Waals surface area contributed by atoms with E-state index in [1.807, 2.05) is 48.0 Å². The molecule has 0 saturated carbocycles. The van der Waals surface area contributed by atoms with Crippen LogP contribution < -0.4 is 11.2 Å².